The van der Waals surface area contributed by atoms with Crippen LogP contribution in [0.15, 0.2) is 0 Å². The van der Waals surface area contributed by atoms with Crippen molar-refractivity contribution >= 4 is 10.2 Å². The number of nitrogens with zero attached hydrogens (tertiary/aromatic N) is 2. The van der Waals surface area contributed by atoms with Crippen LogP contribution < -0.4 is 5.32 Å². The van der Waals surface area contributed by atoms with Gasteiger partial charge in [0.25, 0.3) is 10.2 Å². The van der Waals surface area contributed by atoms with Gasteiger partial charge in [0.1, 0.15) is 0 Å². The molecule has 1 rings (SSSR count). The van der Waals surface area contributed by atoms with Crippen molar-refractivity contribution in [1.82, 2.24) is 13.9 Å². The third-order valence-corrected chi connectivity index (χ3v) is 5.43. The van der Waals surface area contributed by atoms with Crippen molar-refractivity contribution in [1.29, 1.82) is 0 Å². The van der Waals surface area contributed by atoms with Gasteiger partial charge < -0.3 is 10.1 Å². The van der Waals surface area contributed by atoms with Gasteiger partial charge in [0.2, 0.25) is 0 Å². The standard InChI is InChI=1S/C13H29N3O3S/c1-4-8-14-9-6-10-15(2)20(17,18)16(3)12-13-7-5-11-19-13/h13-14H,4-12H2,1-3H3. The van der Waals surface area contributed by atoms with E-state index in [0.29, 0.717) is 13.1 Å². The van der Waals surface area contributed by atoms with Crippen LogP contribution >= 0.6 is 0 Å². The van der Waals surface area contributed by atoms with E-state index in [9.17, 15) is 8.42 Å². The van der Waals surface area contributed by atoms with Crippen LogP contribution in [-0.2, 0) is 14.9 Å². The maximum Gasteiger partial charge on any atom is 0.281 e. The quantitative estimate of drug-likeness (QED) is 0.603. The summed E-state index contributed by atoms with van der Waals surface area (Å²) in [6.45, 7) is 5.68. The van der Waals surface area contributed by atoms with Crippen LogP contribution in [0.1, 0.15) is 32.6 Å². The molecule has 0 spiro atoms. The Morgan fingerprint density at radius 3 is 2.60 bits per heavy atom. The third-order valence-electron chi connectivity index (χ3n) is 3.53. The summed E-state index contributed by atoms with van der Waals surface area (Å²) in [5.41, 5.74) is 0. The molecule has 0 aromatic heterocycles. The summed E-state index contributed by atoms with van der Waals surface area (Å²) in [5.74, 6) is 0. The van der Waals surface area contributed by atoms with Crippen LogP contribution in [0.2, 0.25) is 0 Å². The van der Waals surface area contributed by atoms with Crippen LogP contribution in [0.25, 0.3) is 0 Å². The van der Waals surface area contributed by atoms with Gasteiger partial charge in [-0.3, -0.25) is 0 Å². The molecule has 0 aromatic carbocycles. The van der Waals surface area contributed by atoms with Crippen LogP contribution in [0, 0.1) is 0 Å². The van der Waals surface area contributed by atoms with Crippen LogP contribution in [0.3, 0.4) is 0 Å². The van der Waals surface area contributed by atoms with E-state index >= 15 is 0 Å². The zero-order chi connectivity index (χ0) is 15.0. The summed E-state index contributed by atoms with van der Waals surface area (Å²) in [6, 6.07) is 0. The molecule has 1 atom stereocenters. The normalized spacial score (nSPS) is 20.1. The Morgan fingerprint density at radius 1 is 1.25 bits per heavy atom. The van der Waals surface area contributed by atoms with E-state index in [1.54, 1.807) is 14.1 Å². The van der Waals surface area contributed by atoms with E-state index in [1.807, 2.05) is 0 Å². The molecule has 0 bridgehead atoms. The molecule has 1 fully saturated rings. The maximum atomic E-state index is 12.3. The Morgan fingerprint density at radius 2 is 2.00 bits per heavy atom. The molecule has 20 heavy (non-hydrogen) atoms. The van der Waals surface area contributed by atoms with Crippen molar-refractivity contribution < 1.29 is 13.2 Å². The molecule has 7 heteroatoms. The van der Waals surface area contributed by atoms with E-state index in [-0.39, 0.29) is 6.10 Å². The molecule has 1 aliphatic rings. The first-order valence-corrected chi connectivity index (χ1v) is 8.88. The maximum absolute atomic E-state index is 12.3. The van der Waals surface area contributed by atoms with Gasteiger partial charge in [0.15, 0.2) is 0 Å². The molecule has 6 nitrogen and oxygen atoms in total. The summed E-state index contributed by atoms with van der Waals surface area (Å²) < 4.78 is 32.9. The fourth-order valence-electron chi connectivity index (χ4n) is 2.25. The molecule has 1 aliphatic heterocycles. The lowest BCUT2D eigenvalue weighted by Gasteiger charge is -2.26. The fraction of sp³-hybridized carbons (Fsp3) is 1.00. The average Bonchev–Trinajstić information content (AvgIpc) is 2.91. The highest BCUT2D eigenvalue weighted by atomic mass is 32.2. The van der Waals surface area contributed by atoms with Crippen molar-refractivity contribution in [2.45, 2.75) is 38.7 Å². The van der Waals surface area contributed by atoms with Gasteiger partial charge in [-0.05, 0) is 38.8 Å². The van der Waals surface area contributed by atoms with Crippen LogP contribution in [-0.4, -0.2) is 70.0 Å². The lowest BCUT2D eigenvalue weighted by molar-refractivity contribution is 0.0967. The topological polar surface area (TPSA) is 61.9 Å². The van der Waals surface area contributed by atoms with Gasteiger partial charge in [-0.1, -0.05) is 6.92 Å². The minimum atomic E-state index is -3.36. The second-order valence-electron chi connectivity index (χ2n) is 5.35. The SMILES string of the molecule is CCCNCCCN(C)S(=O)(=O)N(C)CC1CCCO1. The zero-order valence-electron chi connectivity index (χ0n) is 13.0. The molecule has 0 radical (unpaired) electrons. The van der Waals surface area contributed by atoms with E-state index in [0.717, 1.165) is 45.4 Å². The first-order valence-electron chi connectivity index (χ1n) is 7.48. The largest absolute Gasteiger partial charge is 0.377 e. The van der Waals surface area contributed by atoms with E-state index in [4.69, 9.17) is 4.74 Å². The second-order valence-corrected chi connectivity index (χ2v) is 7.49. The van der Waals surface area contributed by atoms with Gasteiger partial charge in [-0.25, -0.2) is 0 Å². The summed E-state index contributed by atoms with van der Waals surface area (Å²) in [4.78, 5) is 0. The Kier molecular flexibility index (Phi) is 7.98. The molecule has 0 saturated carbocycles. The molecular weight excluding hydrogens is 278 g/mol. The first-order chi connectivity index (χ1) is 9.48. The molecule has 120 valence electrons. The Balaban J connectivity index is 2.33. The van der Waals surface area contributed by atoms with E-state index in [1.165, 1.54) is 8.61 Å². The number of hydrogen-bond acceptors (Lipinski definition) is 4. The Hall–Kier alpha value is -0.210. The van der Waals surface area contributed by atoms with Crippen molar-refractivity contribution in [3.05, 3.63) is 0 Å². The zero-order valence-corrected chi connectivity index (χ0v) is 13.8. The predicted octanol–water partition coefficient (Wildman–Crippen LogP) is 0.664. The van der Waals surface area contributed by atoms with Crippen molar-refractivity contribution in [2.24, 2.45) is 0 Å². The van der Waals surface area contributed by atoms with Crippen molar-refractivity contribution in [3.8, 4) is 0 Å². The molecular formula is C13H29N3O3S. The van der Waals surface area contributed by atoms with Gasteiger partial charge in [0.05, 0.1) is 6.10 Å². The van der Waals surface area contributed by atoms with Gasteiger partial charge in [-0.2, -0.15) is 17.0 Å². The molecule has 1 unspecified atom stereocenters. The monoisotopic (exact) mass is 307 g/mol. The first kappa shape index (κ1) is 17.8. The highest BCUT2D eigenvalue weighted by Crippen LogP contribution is 2.15. The number of hydrogen-bond donors (Lipinski definition) is 1. The molecule has 0 amide bonds. The summed E-state index contributed by atoms with van der Waals surface area (Å²) in [7, 11) is -0.0925. The minimum Gasteiger partial charge on any atom is -0.377 e. The lowest BCUT2D eigenvalue weighted by Crippen LogP contribution is -2.43. The van der Waals surface area contributed by atoms with Crippen molar-refractivity contribution in [2.75, 3.05) is 46.9 Å². The number of likely N-dealkylation sites (N-methyl/N-ethyl adjacent to an activating group) is 1. The summed E-state index contributed by atoms with van der Waals surface area (Å²) >= 11 is 0. The molecule has 1 N–H and O–H groups in total. The van der Waals surface area contributed by atoms with Crippen LogP contribution in [0.4, 0.5) is 0 Å². The van der Waals surface area contributed by atoms with E-state index < -0.39 is 10.2 Å². The van der Waals surface area contributed by atoms with Gasteiger partial charge in [-0.15, -0.1) is 0 Å². The number of nitrogens with one attached hydrogen (secondary N) is 1. The van der Waals surface area contributed by atoms with Crippen molar-refractivity contribution in [3.63, 3.8) is 0 Å². The highest BCUT2D eigenvalue weighted by molar-refractivity contribution is 7.86. The second kappa shape index (κ2) is 8.94. The van der Waals surface area contributed by atoms with Gasteiger partial charge >= 0.3 is 0 Å². The molecule has 1 saturated heterocycles. The smallest absolute Gasteiger partial charge is 0.281 e. The molecule has 0 aromatic rings. The number of ether oxygens (including phenoxy) is 1. The van der Waals surface area contributed by atoms with Crippen LogP contribution in [0.5, 0.6) is 0 Å². The highest BCUT2D eigenvalue weighted by Gasteiger charge is 2.27. The lowest BCUT2D eigenvalue weighted by atomic mass is 10.2. The molecule has 1 heterocycles. The van der Waals surface area contributed by atoms with Gasteiger partial charge in [0, 0.05) is 33.8 Å². The van der Waals surface area contributed by atoms with E-state index in [2.05, 4.69) is 12.2 Å². The minimum absolute atomic E-state index is 0.0504. The Bertz CT molecular complexity index is 356. The Labute approximate surface area is 123 Å². The fourth-order valence-corrected chi connectivity index (χ4v) is 3.44. The molecule has 0 aliphatic carbocycles. The predicted molar refractivity (Wildman–Crippen MR) is 80.9 cm³/mol. The summed E-state index contributed by atoms with van der Waals surface area (Å²) in [6.07, 6.45) is 3.94. The summed E-state index contributed by atoms with van der Waals surface area (Å²) in [5, 5.41) is 3.27. The number of rotatable bonds is 10. The third kappa shape index (κ3) is 5.65. The average molecular weight is 307 g/mol.